The number of halogens is 1. The van der Waals surface area contributed by atoms with Gasteiger partial charge in [0, 0.05) is 0 Å². The molecule has 0 N–H and O–H groups in total. The molecule has 0 fully saturated rings. The summed E-state index contributed by atoms with van der Waals surface area (Å²) in [6, 6.07) is 4.63. The summed E-state index contributed by atoms with van der Waals surface area (Å²) in [6.45, 7) is 6.19. The monoisotopic (exact) mass is 255 g/mol. The summed E-state index contributed by atoms with van der Waals surface area (Å²) in [4.78, 5) is 0. The van der Waals surface area contributed by atoms with E-state index in [1.165, 1.54) is 12.1 Å². The molecule has 1 nitrogen and oxygen atoms in total. The van der Waals surface area contributed by atoms with Crippen LogP contribution >= 0.6 is 0 Å². The molecule has 0 radical (unpaired) electrons. The molecule has 83 valence electrons. The second-order valence-electron chi connectivity index (χ2n) is 4.24. The predicted octanol–water partition coefficient (Wildman–Crippen LogP) is 3.60. The van der Waals surface area contributed by atoms with Crippen molar-refractivity contribution in [3.8, 4) is 0 Å². The van der Waals surface area contributed by atoms with E-state index in [4.69, 9.17) is 4.42 Å². The third-order valence-electron chi connectivity index (χ3n) is 2.68. The molecule has 0 bridgehead atoms. The van der Waals surface area contributed by atoms with Gasteiger partial charge in [-0.1, -0.05) is 0 Å². The first kappa shape index (κ1) is 11.6. The molecule has 0 aliphatic rings. The standard InChI is InChI=1S/C13H13FO.V/c1-8(2)6-13-9(3)11-7-10(14)4-5-12(11)15-13;/h4-5,7-8H,1-3H3;. The van der Waals surface area contributed by atoms with Crippen molar-refractivity contribution in [3.63, 3.8) is 0 Å². The Bertz CT molecular complexity index is 554. The summed E-state index contributed by atoms with van der Waals surface area (Å²) in [5.41, 5.74) is 1.76. The van der Waals surface area contributed by atoms with Crippen LogP contribution < -0.4 is 0 Å². The van der Waals surface area contributed by atoms with E-state index in [9.17, 15) is 4.39 Å². The van der Waals surface area contributed by atoms with Crippen molar-refractivity contribution in [1.82, 2.24) is 0 Å². The van der Waals surface area contributed by atoms with E-state index in [0.29, 0.717) is 5.92 Å². The van der Waals surface area contributed by atoms with E-state index in [1.54, 1.807) is 6.07 Å². The van der Waals surface area contributed by atoms with Crippen LogP contribution in [0, 0.1) is 18.7 Å². The third-order valence-corrected chi connectivity index (χ3v) is 3.80. The van der Waals surface area contributed by atoms with Crippen molar-refractivity contribution in [2.75, 3.05) is 0 Å². The third kappa shape index (κ3) is 1.88. The molecule has 1 aromatic carbocycles. The second-order valence-corrected chi connectivity index (χ2v) is 4.99. The molecule has 0 saturated heterocycles. The van der Waals surface area contributed by atoms with Crippen LogP contribution in [0.4, 0.5) is 4.39 Å². The SMILES string of the molecule is Cc1c([C](=[V])C(C)C)oc2ccc(F)cc12. The van der Waals surface area contributed by atoms with E-state index >= 15 is 0 Å². The van der Waals surface area contributed by atoms with Gasteiger partial charge < -0.3 is 0 Å². The first-order chi connectivity index (χ1) is 7.50. The minimum absolute atomic E-state index is 0.223. The summed E-state index contributed by atoms with van der Waals surface area (Å²) < 4.78 is 20.0. The van der Waals surface area contributed by atoms with Crippen molar-refractivity contribution in [2.45, 2.75) is 20.8 Å². The summed E-state index contributed by atoms with van der Waals surface area (Å²) in [5, 5.41) is 0.860. The Balaban J connectivity index is 2.65. The van der Waals surface area contributed by atoms with Crippen LogP contribution in [0.2, 0.25) is 0 Å². The first-order valence-corrected chi connectivity index (χ1v) is 5.95. The molecule has 1 heterocycles. The average molecular weight is 255 g/mol. The number of furan rings is 1. The van der Waals surface area contributed by atoms with Crippen LogP contribution in [-0.4, -0.2) is 4.23 Å². The molecular formula is C13H13FOV. The van der Waals surface area contributed by atoms with E-state index < -0.39 is 0 Å². The zero-order valence-electron chi connectivity index (χ0n) is 9.54. The number of hydrogen-bond donors (Lipinski definition) is 0. The van der Waals surface area contributed by atoms with Gasteiger partial charge in [0.2, 0.25) is 0 Å². The quantitative estimate of drug-likeness (QED) is 0.799. The Kier molecular flexibility index (Phi) is 3.05. The minimum atomic E-state index is -0.223. The van der Waals surface area contributed by atoms with Crippen LogP contribution in [0.3, 0.4) is 0 Å². The maximum absolute atomic E-state index is 13.1. The molecule has 0 amide bonds. The normalized spacial score (nSPS) is 11.2. The van der Waals surface area contributed by atoms with Crippen molar-refractivity contribution in [2.24, 2.45) is 5.92 Å². The molecule has 2 rings (SSSR count). The fourth-order valence-electron chi connectivity index (χ4n) is 1.70. The van der Waals surface area contributed by atoms with Gasteiger partial charge in [-0.2, -0.15) is 0 Å². The molecule has 0 unspecified atom stereocenters. The second kappa shape index (κ2) is 4.19. The molecule has 0 spiro atoms. The molecule has 0 aliphatic carbocycles. The van der Waals surface area contributed by atoms with Crippen molar-refractivity contribution < 1.29 is 25.8 Å². The molecule has 16 heavy (non-hydrogen) atoms. The van der Waals surface area contributed by atoms with Gasteiger partial charge in [-0.15, -0.1) is 0 Å². The van der Waals surface area contributed by atoms with E-state index in [-0.39, 0.29) is 5.82 Å². The number of hydrogen-bond acceptors (Lipinski definition) is 1. The zero-order chi connectivity index (χ0) is 11.9. The van der Waals surface area contributed by atoms with E-state index in [2.05, 4.69) is 30.8 Å². The summed E-state index contributed by atoms with van der Waals surface area (Å²) in [5.74, 6) is 1.05. The van der Waals surface area contributed by atoms with Gasteiger partial charge in [0.1, 0.15) is 0 Å². The molecule has 0 aliphatic heterocycles. The summed E-state index contributed by atoms with van der Waals surface area (Å²) in [7, 11) is 0. The number of aryl methyl sites for hydroxylation is 1. The van der Waals surface area contributed by atoms with E-state index in [0.717, 1.165) is 26.5 Å². The molecule has 1 aromatic heterocycles. The Morgan fingerprint density at radius 3 is 2.69 bits per heavy atom. The fourth-order valence-corrected chi connectivity index (χ4v) is 2.03. The Morgan fingerprint density at radius 2 is 2.06 bits per heavy atom. The molecule has 0 atom stereocenters. The molecule has 2 aromatic rings. The van der Waals surface area contributed by atoms with Gasteiger partial charge >= 0.3 is 103 Å². The van der Waals surface area contributed by atoms with Gasteiger partial charge in [0.25, 0.3) is 0 Å². The number of rotatable bonds is 2. The van der Waals surface area contributed by atoms with Crippen molar-refractivity contribution in [3.05, 3.63) is 35.3 Å². The van der Waals surface area contributed by atoms with Crippen LogP contribution in [0.15, 0.2) is 22.6 Å². The zero-order valence-corrected chi connectivity index (χ0v) is 10.9. The molecule has 0 saturated carbocycles. The number of fused-ring (bicyclic) bond motifs is 1. The van der Waals surface area contributed by atoms with Crippen LogP contribution in [0.5, 0.6) is 0 Å². The Labute approximate surface area is 103 Å². The molecule has 3 heteroatoms. The van der Waals surface area contributed by atoms with Gasteiger partial charge in [-0.3, -0.25) is 0 Å². The Hall–Kier alpha value is -0.856. The van der Waals surface area contributed by atoms with Gasteiger partial charge in [0.15, 0.2) is 0 Å². The van der Waals surface area contributed by atoms with Crippen molar-refractivity contribution >= 4 is 15.2 Å². The van der Waals surface area contributed by atoms with Gasteiger partial charge in [0.05, 0.1) is 0 Å². The topological polar surface area (TPSA) is 13.1 Å². The first-order valence-electron chi connectivity index (χ1n) is 5.25. The van der Waals surface area contributed by atoms with Crippen LogP contribution in [0.25, 0.3) is 11.0 Å². The van der Waals surface area contributed by atoms with Crippen molar-refractivity contribution in [1.29, 1.82) is 0 Å². The summed E-state index contributed by atoms with van der Waals surface area (Å²) >= 11 is 2.55. The van der Waals surface area contributed by atoms with Gasteiger partial charge in [-0.25, -0.2) is 0 Å². The van der Waals surface area contributed by atoms with Crippen LogP contribution in [0.1, 0.15) is 25.2 Å². The summed E-state index contributed by atoms with van der Waals surface area (Å²) in [6.07, 6.45) is 0. The maximum atomic E-state index is 13.1. The fraction of sp³-hybridized carbons (Fsp3) is 0.308. The number of benzene rings is 1. The molecular weight excluding hydrogens is 242 g/mol. The average Bonchev–Trinajstić information content (AvgIpc) is 2.55. The van der Waals surface area contributed by atoms with E-state index in [1.807, 2.05) is 6.92 Å². The van der Waals surface area contributed by atoms with Crippen LogP contribution in [-0.2, 0) is 17.0 Å². The van der Waals surface area contributed by atoms with Gasteiger partial charge in [-0.05, 0) is 0 Å². The Morgan fingerprint density at radius 1 is 1.38 bits per heavy atom. The predicted molar refractivity (Wildman–Crippen MR) is 59.9 cm³/mol.